The van der Waals surface area contributed by atoms with E-state index >= 15 is 0 Å². The van der Waals surface area contributed by atoms with Gasteiger partial charge in [-0.1, -0.05) is 0 Å². The highest BCUT2D eigenvalue weighted by Crippen LogP contribution is 2.15. The van der Waals surface area contributed by atoms with Crippen LogP contribution in [0.2, 0.25) is 0 Å². The zero-order valence-electron chi connectivity index (χ0n) is 10.6. The molecule has 1 unspecified atom stereocenters. The molecule has 1 rings (SSSR count). The molecule has 0 spiro atoms. The summed E-state index contributed by atoms with van der Waals surface area (Å²) in [6, 6.07) is 0. The fourth-order valence-corrected chi connectivity index (χ4v) is 2.10. The largest absolute Gasteiger partial charge is 0.396 e. The van der Waals surface area contributed by atoms with E-state index in [0.717, 1.165) is 25.9 Å². The van der Waals surface area contributed by atoms with Crippen molar-refractivity contribution in [3.63, 3.8) is 0 Å². The van der Waals surface area contributed by atoms with Crippen LogP contribution in [0.5, 0.6) is 0 Å². The van der Waals surface area contributed by atoms with Gasteiger partial charge in [-0.3, -0.25) is 9.69 Å². The average Bonchev–Trinajstić information content (AvgIpc) is 2.15. The maximum atomic E-state index is 11.7. The standard InChI is InChI=1S/C12H24N2O2/c1-12(2,3)13-11(16)8-14-6-4-5-10(7-14)9-15/h10,15H,4-9H2,1-3H3,(H,13,16). The van der Waals surface area contributed by atoms with E-state index in [1.807, 2.05) is 20.8 Å². The van der Waals surface area contributed by atoms with Gasteiger partial charge in [0, 0.05) is 18.7 Å². The number of amides is 1. The number of hydrogen-bond donors (Lipinski definition) is 2. The molecule has 0 aromatic heterocycles. The third-order valence-electron chi connectivity index (χ3n) is 2.74. The van der Waals surface area contributed by atoms with Crippen molar-refractivity contribution in [1.82, 2.24) is 10.2 Å². The Balaban J connectivity index is 2.33. The number of aliphatic hydroxyl groups is 1. The lowest BCUT2D eigenvalue weighted by atomic mass is 9.99. The lowest BCUT2D eigenvalue weighted by Gasteiger charge is -2.32. The number of hydrogen-bond acceptors (Lipinski definition) is 3. The molecule has 94 valence electrons. The van der Waals surface area contributed by atoms with Crippen molar-refractivity contribution in [1.29, 1.82) is 0 Å². The molecule has 0 aromatic rings. The van der Waals surface area contributed by atoms with Crippen LogP contribution in [0.1, 0.15) is 33.6 Å². The molecule has 1 atom stereocenters. The van der Waals surface area contributed by atoms with Crippen molar-refractivity contribution in [2.45, 2.75) is 39.2 Å². The molecule has 4 heteroatoms. The van der Waals surface area contributed by atoms with Crippen LogP contribution in [0.25, 0.3) is 0 Å². The first-order valence-corrected chi connectivity index (χ1v) is 6.05. The fourth-order valence-electron chi connectivity index (χ4n) is 2.10. The number of carbonyl (C=O) groups excluding carboxylic acids is 1. The summed E-state index contributed by atoms with van der Waals surface area (Å²) in [6.45, 7) is 8.44. The number of carbonyl (C=O) groups is 1. The monoisotopic (exact) mass is 228 g/mol. The van der Waals surface area contributed by atoms with E-state index in [-0.39, 0.29) is 18.1 Å². The van der Waals surface area contributed by atoms with Crippen LogP contribution < -0.4 is 5.32 Å². The number of piperidine rings is 1. The van der Waals surface area contributed by atoms with E-state index in [0.29, 0.717) is 12.5 Å². The Morgan fingerprint density at radius 3 is 2.75 bits per heavy atom. The molecule has 1 aliphatic heterocycles. The van der Waals surface area contributed by atoms with Crippen LogP contribution in [0.3, 0.4) is 0 Å². The minimum Gasteiger partial charge on any atom is -0.396 e. The molecule has 1 saturated heterocycles. The van der Waals surface area contributed by atoms with Gasteiger partial charge in [-0.2, -0.15) is 0 Å². The van der Waals surface area contributed by atoms with E-state index in [9.17, 15) is 4.79 Å². The number of rotatable bonds is 3. The molecule has 1 heterocycles. The van der Waals surface area contributed by atoms with Gasteiger partial charge in [-0.15, -0.1) is 0 Å². The smallest absolute Gasteiger partial charge is 0.234 e. The first-order chi connectivity index (χ1) is 7.40. The third kappa shape index (κ3) is 4.94. The first-order valence-electron chi connectivity index (χ1n) is 6.05. The summed E-state index contributed by atoms with van der Waals surface area (Å²) in [5.41, 5.74) is -0.163. The third-order valence-corrected chi connectivity index (χ3v) is 2.74. The SMILES string of the molecule is CC(C)(C)NC(=O)CN1CCCC(CO)C1. The van der Waals surface area contributed by atoms with Gasteiger partial charge in [0.1, 0.15) is 0 Å². The van der Waals surface area contributed by atoms with Crippen molar-refractivity contribution in [3.8, 4) is 0 Å². The number of nitrogens with one attached hydrogen (secondary N) is 1. The highest BCUT2D eigenvalue weighted by molar-refractivity contribution is 5.78. The Morgan fingerprint density at radius 2 is 2.19 bits per heavy atom. The minimum absolute atomic E-state index is 0.0751. The Kier molecular flexibility index (Phi) is 4.74. The lowest BCUT2D eigenvalue weighted by Crippen LogP contribution is -2.48. The van der Waals surface area contributed by atoms with Crippen LogP contribution in [0.4, 0.5) is 0 Å². The minimum atomic E-state index is -0.163. The van der Waals surface area contributed by atoms with Gasteiger partial charge in [0.25, 0.3) is 0 Å². The molecular weight excluding hydrogens is 204 g/mol. The van der Waals surface area contributed by atoms with Gasteiger partial charge < -0.3 is 10.4 Å². The van der Waals surface area contributed by atoms with E-state index in [1.165, 1.54) is 0 Å². The highest BCUT2D eigenvalue weighted by Gasteiger charge is 2.22. The summed E-state index contributed by atoms with van der Waals surface area (Å²) in [5, 5.41) is 12.1. The highest BCUT2D eigenvalue weighted by atomic mass is 16.3. The summed E-state index contributed by atoms with van der Waals surface area (Å²) in [5.74, 6) is 0.419. The van der Waals surface area contributed by atoms with Crippen molar-refractivity contribution in [2.75, 3.05) is 26.2 Å². The molecule has 0 aliphatic carbocycles. The molecular formula is C12H24N2O2. The molecule has 2 N–H and O–H groups in total. The van der Waals surface area contributed by atoms with Crippen LogP contribution in [0.15, 0.2) is 0 Å². The summed E-state index contributed by atoms with van der Waals surface area (Å²) < 4.78 is 0. The normalized spacial score (nSPS) is 23.1. The molecule has 1 amide bonds. The molecule has 0 radical (unpaired) electrons. The van der Waals surface area contributed by atoms with Crippen LogP contribution in [-0.2, 0) is 4.79 Å². The predicted octanol–water partition coefficient (Wildman–Crippen LogP) is 0.605. The quantitative estimate of drug-likeness (QED) is 0.744. The Hall–Kier alpha value is -0.610. The van der Waals surface area contributed by atoms with Crippen molar-refractivity contribution in [2.24, 2.45) is 5.92 Å². The zero-order valence-corrected chi connectivity index (χ0v) is 10.6. The lowest BCUT2D eigenvalue weighted by molar-refractivity contribution is -0.124. The van der Waals surface area contributed by atoms with Crippen molar-refractivity contribution < 1.29 is 9.90 Å². The van der Waals surface area contributed by atoms with Gasteiger partial charge in [0.2, 0.25) is 5.91 Å². The Labute approximate surface area is 98.0 Å². The van der Waals surface area contributed by atoms with Crippen LogP contribution in [0, 0.1) is 5.92 Å². The summed E-state index contributed by atoms with van der Waals surface area (Å²) >= 11 is 0. The van der Waals surface area contributed by atoms with Crippen LogP contribution >= 0.6 is 0 Å². The Bertz CT molecular complexity index is 236. The number of nitrogens with zero attached hydrogens (tertiary/aromatic N) is 1. The number of likely N-dealkylation sites (tertiary alicyclic amines) is 1. The van der Waals surface area contributed by atoms with Gasteiger partial charge in [-0.05, 0) is 46.1 Å². The number of aliphatic hydroxyl groups excluding tert-OH is 1. The molecule has 0 saturated carbocycles. The van der Waals surface area contributed by atoms with Gasteiger partial charge >= 0.3 is 0 Å². The molecule has 1 aliphatic rings. The predicted molar refractivity (Wildman–Crippen MR) is 64.1 cm³/mol. The van der Waals surface area contributed by atoms with E-state index in [1.54, 1.807) is 0 Å². The maximum Gasteiger partial charge on any atom is 0.234 e. The van der Waals surface area contributed by atoms with Crippen molar-refractivity contribution in [3.05, 3.63) is 0 Å². The average molecular weight is 228 g/mol. The topological polar surface area (TPSA) is 52.6 Å². The molecule has 4 nitrogen and oxygen atoms in total. The van der Waals surface area contributed by atoms with Crippen LogP contribution in [-0.4, -0.2) is 47.7 Å². The van der Waals surface area contributed by atoms with Gasteiger partial charge in [0.05, 0.1) is 6.54 Å². The van der Waals surface area contributed by atoms with Crippen molar-refractivity contribution >= 4 is 5.91 Å². The molecule has 0 aromatic carbocycles. The van der Waals surface area contributed by atoms with E-state index < -0.39 is 0 Å². The second-order valence-electron chi connectivity index (χ2n) is 5.72. The molecule has 1 fully saturated rings. The van der Waals surface area contributed by atoms with E-state index in [2.05, 4.69) is 10.2 Å². The summed E-state index contributed by atoms with van der Waals surface area (Å²) in [6.07, 6.45) is 2.15. The fraction of sp³-hybridized carbons (Fsp3) is 0.917. The molecule has 0 bridgehead atoms. The van der Waals surface area contributed by atoms with Gasteiger partial charge in [0.15, 0.2) is 0 Å². The summed E-state index contributed by atoms with van der Waals surface area (Å²) in [7, 11) is 0. The summed E-state index contributed by atoms with van der Waals surface area (Å²) in [4.78, 5) is 13.8. The maximum absolute atomic E-state index is 11.7. The van der Waals surface area contributed by atoms with E-state index in [4.69, 9.17) is 5.11 Å². The Morgan fingerprint density at radius 1 is 1.50 bits per heavy atom. The van der Waals surface area contributed by atoms with Gasteiger partial charge in [-0.25, -0.2) is 0 Å². The zero-order chi connectivity index (χ0) is 12.2. The second kappa shape index (κ2) is 5.64. The molecule has 16 heavy (non-hydrogen) atoms. The second-order valence-corrected chi connectivity index (χ2v) is 5.72. The first kappa shape index (κ1) is 13.5.